The van der Waals surface area contributed by atoms with Crippen LogP contribution in [0.2, 0.25) is 0 Å². The maximum atomic E-state index is 5.93. The molecule has 0 amide bonds. The first kappa shape index (κ1) is 12.7. The van der Waals surface area contributed by atoms with Crippen LogP contribution < -0.4 is 5.32 Å². The second-order valence-corrected chi connectivity index (χ2v) is 6.11. The molecule has 3 saturated heterocycles. The summed E-state index contributed by atoms with van der Waals surface area (Å²) in [5.41, 5.74) is 0. The Bertz CT molecular complexity index is 458. The normalized spacial score (nSPS) is 35.1. The molecule has 3 atom stereocenters. The quantitative estimate of drug-likeness (QED) is 0.882. The molecule has 0 spiro atoms. The molecule has 3 aliphatic heterocycles. The van der Waals surface area contributed by atoms with E-state index in [0.29, 0.717) is 6.04 Å². The standard InChI is InChI=1S/C14H22N4O2/c1-2-6-15-11(5-1)14-16-13(17-20-14)12-8-18-7-3-4-10(18)9-19-12/h10-12,15H,1-9H2. The number of rotatable bonds is 2. The predicted octanol–water partition coefficient (Wildman–Crippen LogP) is 1.42. The Morgan fingerprint density at radius 2 is 2.20 bits per heavy atom. The maximum Gasteiger partial charge on any atom is 0.243 e. The number of hydrogen-bond donors (Lipinski definition) is 1. The average molecular weight is 278 g/mol. The molecular weight excluding hydrogens is 256 g/mol. The molecule has 6 nitrogen and oxygen atoms in total. The van der Waals surface area contributed by atoms with Gasteiger partial charge in [-0.25, -0.2) is 0 Å². The summed E-state index contributed by atoms with van der Waals surface area (Å²) in [5, 5.41) is 7.59. The van der Waals surface area contributed by atoms with E-state index in [9.17, 15) is 0 Å². The molecular formula is C14H22N4O2. The molecule has 0 aromatic carbocycles. The van der Waals surface area contributed by atoms with Crippen molar-refractivity contribution < 1.29 is 9.26 Å². The van der Waals surface area contributed by atoms with Crippen LogP contribution in [0, 0.1) is 0 Å². The van der Waals surface area contributed by atoms with Crippen LogP contribution in [-0.4, -0.2) is 47.3 Å². The van der Waals surface area contributed by atoms with Gasteiger partial charge in [-0.3, -0.25) is 4.90 Å². The van der Waals surface area contributed by atoms with Crippen LogP contribution in [0.5, 0.6) is 0 Å². The minimum absolute atomic E-state index is 0.0227. The summed E-state index contributed by atoms with van der Waals surface area (Å²) in [5.74, 6) is 1.45. The van der Waals surface area contributed by atoms with Crippen LogP contribution in [0.1, 0.15) is 56.0 Å². The first-order valence-electron chi connectivity index (χ1n) is 7.83. The monoisotopic (exact) mass is 278 g/mol. The van der Waals surface area contributed by atoms with Crippen LogP contribution in [0.25, 0.3) is 0 Å². The third-order valence-corrected chi connectivity index (χ3v) is 4.74. The van der Waals surface area contributed by atoms with Crippen molar-refractivity contribution >= 4 is 0 Å². The Balaban J connectivity index is 1.44. The molecule has 1 aromatic rings. The molecule has 3 aliphatic rings. The molecule has 1 aromatic heterocycles. The van der Waals surface area contributed by atoms with Gasteiger partial charge in [0.05, 0.1) is 12.6 Å². The topological polar surface area (TPSA) is 63.4 Å². The van der Waals surface area contributed by atoms with Gasteiger partial charge in [-0.15, -0.1) is 0 Å². The van der Waals surface area contributed by atoms with Gasteiger partial charge in [0.15, 0.2) is 0 Å². The first-order chi connectivity index (χ1) is 9.90. The second-order valence-electron chi connectivity index (χ2n) is 6.11. The van der Waals surface area contributed by atoms with Crippen molar-refractivity contribution in [2.45, 2.75) is 50.3 Å². The highest BCUT2D eigenvalue weighted by Gasteiger charge is 2.35. The SMILES string of the molecule is C1CCC(c2nc(C3CN4CCCC4CO3)no2)NC1. The first-order valence-corrected chi connectivity index (χ1v) is 7.83. The zero-order chi connectivity index (χ0) is 13.4. The van der Waals surface area contributed by atoms with E-state index in [1.54, 1.807) is 0 Å². The summed E-state index contributed by atoms with van der Waals surface area (Å²) in [7, 11) is 0. The number of nitrogens with one attached hydrogen (secondary N) is 1. The lowest BCUT2D eigenvalue weighted by atomic mass is 10.1. The Labute approximate surface area is 118 Å². The largest absolute Gasteiger partial charge is 0.367 e. The minimum atomic E-state index is -0.0227. The molecule has 3 unspecified atom stereocenters. The Morgan fingerprint density at radius 1 is 1.20 bits per heavy atom. The minimum Gasteiger partial charge on any atom is -0.367 e. The van der Waals surface area contributed by atoms with Gasteiger partial charge in [0.25, 0.3) is 0 Å². The second kappa shape index (κ2) is 5.42. The molecule has 6 heteroatoms. The van der Waals surface area contributed by atoms with Crippen molar-refractivity contribution in [3.05, 3.63) is 11.7 Å². The van der Waals surface area contributed by atoms with Crippen molar-refractivity contribution in [3.8, 4) is 0 Å². The molecule has 0 radical (unpaired) electrons. The van der Waals surface area contributed by atoms with E-state index in [2.05, 4.69) is 20.4 Å². The summed E-state index contributed by atoms with van der Waals surface area (Å²) in [6.45, 7) is 3.93. The fourth-order valence-electron chi connectivity index (χ4n) is 3.56. The van der Waals surface area contributed by atoms with Crippen LogP contribution in [-0.2, 0) is 4.74 Å². The number of ether oxygens (including phenoxy) is 1. The summed E-state index contributed by atoms with van der Waals surface area (Å²) in [6.07, 6.45) is 6.07. The van der Waals surface area contributed by atoms with Crippen LogP contribution in [0.3, 0.4) is 0 Å². The third-order valence-electron chi connectivity index (χ3n) is 4.74. The Morgan fingerprint density at radius 3 is 3.10 bits per heavy atom. The van der Waals surface area contributed by atoms with Gasteiger partial charge in [-0.2, -0.15) is 4.98 Å². The number of aromatic nitrogens is 2. The Hall–Kier alpha value is -0.980. The van der Waals surface area contributed by atoms with E-state index < -0.39 is 0 Å². The maximum absolute atomic E-state index is 5.93. The molecule has 4 rings (SSSR count). The molecule has 3 fully saturated rings. The van der Waals surface area contributed by atoms with Gasteiger partial charge in [-0.05, 0) is 38.8 Å². The van der Waals surface area contributed by atoms with E-state index in [-0.39, 0.29) is 12.1 Å². The fraction of sp³-hybridized carbons (Fsp3) is 0.857. The van der Waals surface area contributed by atoms with Crippen molar-refractivity contribution in [1.29, 1.82) is 0 Å². The summed E-state index contributed by atoms with van der Waals surface area (Å²) >= 11 is 0. The van der Waals surface area contributed by atoms with Gasteiger partial charge in [0.1, 0.15) is 6.10 Å². The molecule has 20 heavy (non-hydrogen) atoms. The number of nitrogens with zero attached hydrogens (tertiary/aromatic N) is 3. The smallest absolute Gasteiger partial charge is 0.243 e. The average Bonchev–Trinajstić information content (AvgIpc) is 3.16. The summed E-state index contributed by atoms with van der Waals surface area (Å²) in [6, 6.07) is 0.839. The van der Waals surface area contributed by atoms with Gasteiger partial charge in [0, 0.05) is 12.6 Å². The van der Waals surface area contributed by atoms with E-state index in [0.717, 1.165) is 37.8 Å². The van der Waals surface area contributed by atoms with E-state index in [1.807, 2.05) is 0 Å². The number of hydrogen-bond acceptors (Lipinski definition) is 6. The van der Waals surface area contributed by atoms with Crippen LogP contribution in [0.4, 0.5) is 0 Å². The van der Waals surface area contributed by atoms with Gasteiger partial charge in [-0.1, -0.05) is 11.6 Å². The highest BCUT2D eigenvalue weighted by atomic mass is 16.5. The molecule has 0 bridgehead atoms. The third kappa shape index (κ3) is 2.36. The highest BCUT2D eigenvalue weighted by molar-refractivity contribution is 5.00. The summed E-state index contributed by atoms with van der Waals surface area (Å²) in [4.78, 5) is 7.08. The number of morpholine rings is 1. The van der Waals surface area contributed by atoms with Gasteiger partial charge in [0.2, 0.25) is 11.7 Å². The highest BCUT2D eigenvalue weighted by Crippen LogP contribution is 2.30. The van der Waals surface area contributed by atoms with Crippen molar-refractivity contribution in [3.63, 3.8) is 0 Å². The zero-order valence-electron chi connectivity index (χ0n) is 11.8. The molecule has 0 saturated carbocycles. The molecule has 110 valence electrons. The lowest BCUT2D eigenvalue weighted by Gasteiger charge is -2.33. The van der Waals surface area contributed by atoms with E-state index in [1.165, 1.54) is 32.2 Å². The van der Waals surface area contributed by atoms with E-state index >= 15 is 0 Å². The Kier molecular flexibility index (Phi) is 3.45. The predicted molar refractivity (Wildman–Crippen MR) is 72.2 cm³/mol. The summed E-state index contributed by atoms with van der Waals surface area (Å²) < 4.78 is 11.4. The number of piperidine rings is 1. The fourth-order valence-corrected chi connectivity index (χ4v) is 3.56. The molecule has 1 N–H and O–H groups in total. The lowest BCUT2D eigenvalue weighted by molar-refractivity contribution is -0.0548. The van der Waals surface area contributed by atoms with Crippen molar-refractivity contribution in [2.24, 2.45) is 0 Å². The molecule has 0 aliphatic carbocycles. The van der Waals surface area contributed by atoms with Crippen LogP contribution in [0.15, 0.2) is 4.52 Å². The molecule has 4 heterocycles. The number of fused-ring (bicyclic) bond motifs is 1. The lowest BCUT2D eigenvalue weighted by Crippen LogP contribution is -2.42. The van der Waals surface area contributed by atoms with Gasteiger partial charge >= 0.3 is 0 Å². The zero-order valence-corrected chi connectivity index (χ0v) is 11.8. The van der Waals surface area contributed by atoms with Crippen molar-refractivity contribution in [2.75, 3.05) is 26.2 Å². The van der Waals surface area contributed by atoms with E-state index in [4.69, 9.17) is 9.26 Å². The van der Waals surface area contributed by atoms with Crippen LogP contribution >= 0.6 is 0 Å². The van der Waals surface area contributed by atoms with Gasteiger partial charge < -0.3 is 14.6 Å². The van der Waals surface area contributed by atoms with Crippen molar-refractivity contribution in [1.82, 2.24) is 20.4 Å².